The first-order chi connectivity index (χ1) is 11.5. The van der Waals surface area contributed by atoms with Gasteiger partial charge in [-0.1, -0.05) is 6.07 Å². The molecule has 1 aromatic rings. The van der Waals surface area contributed by atoms with E-state index in [1.807, 2.05) is 6.92 Å². The molecule has 1 aliphatic carbocycles. The maximum absolute atomic E-state index is 12.4. The van der Waals surface area contributed by atoms with Gasteiger partial charge in [0.1, 0.15) is 0 Å². The Labute approximate surface area is 143 Å². The van der Waals surface area contributed by atoms with E-state index in [-0.39, 0.29) is 16.8 Å². The molecule has 0 radical (unpaired) electrons. The van der Waals surface area contributed by atoms with E-state index in [4.69, 9.17) is 4.74 Å². The predicted molar refractivity (Wildman–Crippen MR) is 90.2 cm³/mol. The Hall–Kier alpha value is -1.44. The van der Waals surface area contributed by atoms with E-state index in [1.54, 1.807) is 12.1 Å². The average Bonchev–Trinajstić information content (AvgIpc) is 3.24. The number of carbonyl (C=O) groups excluding carboxylic acids is 1. The van der Waals surface area contributed by atoms with Crippen molar-refractivity contribution < 1.29 is 17.9 Å². The van der Waals surface area contributed by atoms with E-state index in [9.17, 15) is 13.2 Å². The highest BCUT2D eigenvalue weighted by molar-refractivity contribution is 7.89. The van der Waals surface area contributed by atoms with E-state index in [0.717, 1.165) is 25.9 Å². The Bertz CT molecular complexity index is 694. The van der Waals surface area contributed by atoms with Crippen LogP contribution in [0, 0.1) is 11.8 Å². The summed E-state index contributed by atoms with van der Waals surface area (Å²) in [7, 11) is -3.57. The van der Waals surface area contributed by atoms with Gasteiger partial charge in [-0.05, 0) is 50.3 Å². The van der Waals surface area contributed by atoms with Crippen molar-refractivity contribution in [1.82, 2.24) is 10.0 Å². The molecule has 0 spiro atoms. The molecule has 0 unspecified atom stereocenters. The lowest BCUT2D eigenvalue weighted by molar-refractivity contribution is 0.0922. The summed E-state index contributed by atoms with van der Waals surface area (Å²) in [4.78, 5) is 12.5. The molecule has 2 aliphatic rings. The first-order valence-electron chi connectivity index (χ1n) is 8.44. The molecule has 2 N–H and O–H groups in total. The number of hydrogen-bond donors (Lipinski definition) is 2. The zero-order valence-electron chi connectivity index (χ0n) is 13.8. The number of amides is 1. The van der Waals surface area contributed by atoms with Crippen LogP contribution < -0.4 is 10.0 Å². The molecule has 2 atom stereocenters. The SMILES string of the molecule is C[C@H](NC(=O)c1cccc(S(=O)(=O)NCC2CC2)c1)[C@@H]1CCOC1. The standard InChI is InChI=1S/C17H24N2O4S/c1-12(15-7-8-23-11-15)19-17(20)14-3-2-4-16(9-14)24(21,22)18-10-13-5-6-13/h2-4,9,12-13,15,18H,5-8,10-11H2,1H3,(H,19,20)/t12-,15+/m0/s1. The first kappa shape index (κ1) is 17.4. The zero-order valence-corrected chi connectivity index (χ0v) is 14.6. The molecule has 1 saturated carbocycles. The lowest BCUT2D eigenvalue weighted by Gasteiger charge is -2.19. The second kappa shape index (κ2) is 7.21. The fraction of sp³-hybridized carbons (Fsp3) is 0.588. The van der Waals surface area contributed by atoms with E-state index in [1.165, 1.54) is 12.1 Å². The summed E-state index contributed by atoms with van der Waals surface area (Å²) in [5.41, 5.74) is 0.357. The molecule has 3 rings (SSSR count). The van der Waals surface area contributed by atoms with Crippen molar-refractivity contribution in [2.24, 2.45) is 11.8 Å². The van der Waals surface area contributed by atoms with Gasteiger partial charge >= 0.3 is 0 Å². The van der Waals surface area contributed by atoms with Crippen molar-refractivity contribution in [2.75, 3.05) is 19.8 Å². The molecule has 0 aromatic heterocycles. The number of ether oxygens (including phenoxy) is 1. The van der Waals surface area contributed by atoms with E-state index < -0.39 is 10.0 Å². The Kier molecular flexibility index (Phi) is 5.22. The second-order valence-electron chi connectivity index (χ2n) is 6.71. The van der Waals surface area contributed by atoms with Crippen molar-refractivity contribution in [3.63, 3.8) is 0 Å². The van der Waals surface area contributed by atoms with Crippen LogP contribution in [0.2, 0.25) is 0 Å². The zero-order chi connectivity index (χ0) is 17.2. The summed E-state index contributed by atoms with van der Waals surface area (Å²) in [6, 6.07) is 6.17. The molecular formula is C17H24N2O4S. The molecular weight excluding hydrogens is 328 g/mol. The summed E-state index contributed by atoms with van der Waals surface area (Å²) in [6.07, 6.45) is 3.09. The predicted octanol–water partition coefficient (Wildman–Crippen LogP) is 1.53. The lowest BCUT2D eigenvalue weighted by atomic mass is 10.0. The van der Waals surface area contributed by atoms with E-state index >= 15 is 0 Å². The van der Waals surface area contributed by atoms with Crippen LogP contribution in [0.25, 0.3) is 0 Å². The van der Waals surface area contributed by atoms with Gasteiger partial charge < -0.3 is 10.1 Å². The molecule has 24 heavy (non-hydrogen) atoms. The Balaban J connectivity index is 1.66. The van der Waals surface area contributed by atoms with Crippen LogP contribution in [0.5, 0.6) is 0 Å². The fourth-order valence-corrected chi connectivity index (χ4v) is 3.95. The largest absolute Gasteiger partial charge is 0.381 e. The van der Waals surface area contributed by atoms with Crippen LogP contribution in [-0.2, 0) is 14.8 Å². The third kappa shape index (κ3) is 4.34. The van der Waals surface area contributed by atoms with Gasteiger partial charge in [0.25, 0.3) is 5.91 Å². The van der Waals surface area contributed by atoms with Crippen LogP contribution in [0.3, 0.4) is 0 Å². The molecule has 2 fully saturated rings. The van der Waals surface area contributed by atoms with Crippen LogP contribution in [0.4, 0.5) is 0 Å². The molecule has 6 nitrogen and oxygen atoms in total. The number of nitrogens with one attached hydrogen (secondary N) is 2. The number of carbonyl (C=O) groups is 1. The first-order valence-corrected chi connectivity index (χ1v) is 9.92. The molecule has 1 aromatic carbocycles. The maximum atomic E-state index is 12.4. The Morgan fingerprint density at radius 1 is 1.33 bits per heavy atom. The topological polar surface area (TPSA) is 84.5 Å². The normalized spacial score (nSPS) is 22.3. The summed E-state index contributed by atoms with van der Waals surface area (Å²) in [5.74, 6) is 0.510. The lowest BCUT2D eigenvalue weighted by Crippen LogP contribution is -2.38. The van der Waals surface area contributed by atoms with Crippen molar-refractivity contribution in [3.05, 3.63) is 29.8 Å². The molecule has 1 amide bonds. The minimum atomic E-state index is -3.57. The van der Waals surface area contributed by atoms with Gasteiger partial charge in [0.05, 0.1) is 11.5 Å². The fourth-order valence-electron chi connectivity index (χ4n) is 2.79. The van der Waals surface area contributed by atoms with Gasteiger partial charge in [0.15, 0.2) is 0 Å². The second-order valence-corrected chi connectivity index (χ2v) is 8.48. The van der Waals surface area contributed by atoms with Gasteiger partial charge in [0, 0.05) is 30.7 Å². The monoisotopic (exact) mass is 352 g/mol. The molecule has 7 heteroatoms. The molecule has 1 heterocycles. The van der Waals surface area contributed by atoms with Crippen LogP contribution in [0.15, 0.2) is 29.2 Å². The van der Waals surface area contributed by atoms with Gasteiger partial charge in [-0.2, -0.15) is 0 Å². The van der Waals surface area contributed by atoms with Gasteiger partial charge in [-0.25, -0.2) is 13.1 Å². The number of sulfonamides is 1. The minimum Gasteiger partial charge on any atom is -0.381 e. The van der Waals surface area contributed by atoms with E-state index in [2.05, 4.69) is 10.0 Å². The van der Waals surface area contributed by atoms with Gasteiger partial charge in [-0.3, -0.25) is 4.79 Å². The minimum absolute atomic E-state index is 0.00625. The molecule has 1 aliphatic heterocycles. The Morgan fingerprint density at radius 2 is 2.12 bits per heavy atom. The van der Waals surface area contributed by atoms with Crippen molar-refractivity contribution in [3.8, 4) is 0 Å². The van der Waals surface area contributed by atoms with Gasteiger partial charge in [0.2, 0.25) is 10.0 Å². The highest BCUT2D eigenvalue weighted by Gasteiger charge is 2.26. The molecule has 1 saturated heterocycles. The molecule has 0 bridgehead atoms. The van der Waals surface area contributed by atoms with Crippen LogP contribution in [-0.4, -0.2) is 40.1 Å². The van der Waals surface area contributed by atoms with Crippen molar-refractivity contribution in [1.29, 1.82) is 0 Å². The van der Waals surface area contributed by atoms with Gasteiger partial charge in [-0.15, -0.1) is 0 Å². The van der Waals surface area contributed by atoms with Crippen LogP contribution >= 0.6 is 0 Å². The quantitative estimate of drug-likeness (QED) is 0.779. The average molecular weight is 352 g/mol. The highest BCUT2D eigenvalue weighted by atomic mass is 32.2. The smallest absolute Gasteiger partial charge is 0.251 e. The summed E-state index contributed by atoms with van der Waals surface area (Å²) in [6.45, 7) is 3.80. The molecule has 132 valence electrons. The number of benzene rings is 1. The summed E-state index contributed by atoms with van der Waals surface area (Å²) in [5, 5.41) is 2.94. The maximum Gasteiger partial charge on any atom is 0.251 e. The third-order valence-electron chi connectivity index (χ3n) is 4.70. The highest BCUT2D eigenvalue weighted by Crippen LogP contribution is 2.28. The van der Waals surface area contributed by atoms with Crippen LogP contribution in [0.1, 0.15) is 36.5 Å². The van der Waals surface area contributed by atoms with Crippen molar-refractivity contribution >= 4 is 15.9 Å². The number of hydrogen-bond acceptors (Lipinski definition) is 4. The Morgan fingerprint density at radius 3 is 2.79 bits per heavy atom. The summed E-state index contributed by atoms with van der Waals surface area (Å²) < 4.78 is 32.6. The summed E-state index contributed by atoms with van der Waals surface area (Å²) >= 11 is 0. The third-order valence-corrected chi connectivity index (χ3v) is 6.12. The van der Waals surface area contributed by atoms with Crippen molar-refractivity contribution in [2.45, 2.75) is 37.1 Å². The van der Waals surface area contributed by atoms with E-state index in [0.29, 0.717) is 30.6 Å². The number of rotatable bonds is 7.